The molecule has 4 nitrogen and oxygen atoms in total. The predicted molar refractivity (Wildman–Crippen MR) is 64.3 cm³/mol. The third kappa shape index (κ3) is 3.25. The summed E-state index contributed by atoms with van der Waals surface area (Å²) in [7, 11) is 0. The highest BCUT2D eigenvalue weighted by molar-refractivity contribution is 9.10. The van der Waals surface area contributed by atoms with Gasteiger partial charge in [0.05, 0.1) is 12.0 Å². The number of anilines is 1. The summed E-state index contributed by atoms with van der Waals surface area (Å²) in [5, 5.41) is 4.68. The third-order valence-electron chi connectivity index (χ3n) is 2.53. The summed E-state index contributed by atoms with van der Waals surface area (Å²) in [4.78, 5) is 22.3. The Balaban J connectivity index is 2.24. The van der Waals surface area contributed by atoms with E-state index in [1.165, 1.54) is 6.07 Å². The summed E-state index contributed by atoms with van der Waals surface area (Å²) in [6.45, 7) is 0. The normalized spacial score (nSPS) is 19.5. The fourth-order valence-corrected chi connectivity index (χ4v) is 2.20. The topological polar surface area (TPSA) is 58.2 Å². The van der Waals surface area contributed by atoms with E-state index in [2.05, 4.69) is 26.6 Å². The van der Waals surface area contributed by atoms with Crippen LogP contribution in [0.5, 0.6) is 0 Å². The van der Waals surface area contributed by atoms with E-state index < -0.39 is 29.6 Å². The van der Waals surface area contributed by atoms with Gasteiger partial charge in [0.1, 0.15) is 6.04 Å². The third-order valence-corrected chi connectivity index (χ3v) is 2.99. The molecule has 0 spiro atoms. The molecule has 1 aliphatic rings. The summed E-state index contributed by atoms with van der Waals surface area (Å²) in [6, 6.07) is 2.39. The van der Waals surface area contributed by atoms with Gasteiger partial charge < -0.3 is 5.32 Å². The molecule has 1 fully saturated rings. The molecular weight excluding hydrogens is 329 g/mol. The summed E-state index contributed by atoms with van der Waals surface area (Å²) in [5.74, 6) is -0.993. The predicted octanol–water partition coefficient (Wildman–Crippen LogP) is 2.29. The van der Waals surface area contributed by atoms with Crippen LogP contribution in [0.3, 0.4) is 0 Å². The Morgan fingerprint density at radius 2 is 1.95 bits per heavy atom. The lowest BCUT2D eigenvalue weighted by Gasteiger charge is -2.14. The van der Waals surface area contributed by atoms with Crippen LogP contribution in [-0.2, 0) is 15.8 Å². The lowest BCUT2D eigenvalue weighted by molar-refractivity contribution is -0.137. The molecule has 0 aromatic heterocycles. The molecule has 2 rings (SSSR count). The second-order valence-corrected chi connectivity index (χ2v) is 4.96. The summed E-state index contributed by atoms with van der Waals surface area (Å²) in [5.41, 5.74) is -0.717. The fourth-order valence-electron chi connectivity index (χ4n) is 1.71. The number of halogens is 4. The Hall–Kier alpha value is -1.57. The summed E-state index contributed by atoms with van der Waals surface area (Å²) in [6.07, 6.45) is -4.57. The largest absolute Gasteiger partial charge is 0.416 e. The lowest BCUT2D eigenvalue weighted by Crippen LogP contribution is -2.30. The number of hydrogen-bond acceptors (Lipinski definition) is 3. The Kier molecular flexibility index (Phi) is 3.53. The van der Waals surface area contributed by atoms with Crippen molar-refractivity contribution in [3.8, 4) is 0 Å². The van der Waals surface area contributed by atoms with Gasteiger partial charge in [-0.1, -0.05) is 15.9 Å². The van der Waals surface area contributed by atoms with Crippen LogP contribution in [0.2, 0.25) is 0 Å². The Morgan fingerprint density at radius 3 is 2.47 bits per heavy atom. The number of amides is 2. The van der Waals surface area contributed by atoms with Gasteiger partial charge in [0, 0.05) is 10.2 Å². The van der Waals surface area contributed by atoms with Crippen LogP contribution in [-0.4, -0.2) is 17.9 Å². The van der Waals surface area contributed by atoms with E-state index in [0.29, 0.717) is 0 Å². The van der Waals surface area contributed by atoms with Crippen molar-refractivity contribution in [3.05, 3.63) is 28.2 Å². The van der Waals surface area contributed by atoms with Gasteiger partial charge in [0.25, 0.3) is 0 Å². The number of rotatable bonds is 2. The van der Waals surface area contributed by atoms with Crippen molar-refractivity contribution in [2.45, 2.75) is 18.6 Å². The standard InChI is InChI=1S/C11H8BrF3N2O2/c12-6-1-5(11(13,14)15)2-7(3-6)16-8-4-9(18)17-10(8)19/h1-3,8,16H,4H2,(H,17,18,19). The molecule has 1 saturated heterocycles. The van der Waals surface area contributed by atoms with Crippen LogP contribution in [0, 0.1) is 0 Å². The second-order valence-electron chi connectivity index (χ2n) is 4.04. The maximum absolute atomic E-state index is 12.6. The molecule has 1 heterocycles. The minimum absolute atomic E-state index is 0.0906. The molecule has 0 radical (unpaired) electrons. The van der Waals surface area contributed by atoms with Gasteiger partial charge in [-0.05, 0) is 18.2 Å². The minimum Gasteiger partial charge on any atom is -0.373 e. The minimum atomic E-state index is -4.48. The van der Waals surface area contributed by atoms with Crippen molar-refractivity contribution in [3.63, 3.8) is 0 Å². The van der Waals surface area contributed by atoms with Crippen LogP contribution >= 0.6 is 15.9 Å². The maximum atomic E-state index is 12.6. The molecule has 19 heavy (non-hydrogen) atoms. The first-order valence-electron chi connectivity index (χ1n) is 5.24. The van der Waals surface area contributed by atoms with Crippen molar-refractivity contribution >= 4 is 33.4 Å². The molecule has 1 unspecified atom stereocenters. The van der Waals surface area contributed by atoms with Gasteiger partial charge in [-0.2, -0.15) is 13.2 Å². The van der Waals surface area contributed by atoms with Gasteiger partial charge in [0.15, 0.2) is 0 Å². The van der Waals surface area contributed by atoms with E-state index in [-0.39, 0.29) is 16.6 Å². The molecule has 1 aromatic rings. The highest BCUT2D eigenvalue weighted by atomic mass is 79.9. The lowest BCUT2D eigenvalue weighted by atomic mass is 10.1. The number of carbonyl (C=O) groups is 2. The zero-order valence-electron chi connectivity index (χ0n) is 9.34. The number of nitrogens with one attached hydrogen (secondary N) is 2. The number of benzene rings is 1. The van der Waals surface area contributed by atoms with Crippen molar-refractivity contribution < 1.29 is 22.8 Å². The quantitative estimate of drug-likeness (QED) is 0.815. The Labute approximate surface area is 114 Å². The summed E-state index contributed by atoms with van der Waals surface area (Å²) >= 11 is 2.97. The molecule has 1 aliphatic heterocycles. The van der Waals surface area contributed by atoms with Crippen molar-refractivity contribution in [1.29, 1.82) is 0 Å². The van der Waals surface area contributed by atoms with Crippen molar-refractivity contribution in [1.82, 2.24) is 5.32 Å². The molecular formula is C11H8BrF3N2O2. The first-order valence-corrected chi connectivity index (χ1v) is 6.03. The number of hydrogen-bond donors (Lipinski definition) is 2. The SMILES string of the molecule is O=C1CC(Nc2cc(Br)cc(C(F)(F)F)c2)C(=O)N1. The van der Waals surface area contributed by atoms with Crippen LogP contribution in [0.4, 0.5) is 18.9 Å². The van der Waals surface area contributed by atoms with E-state index in [0.717, 1.165) is 12.1 Å². The van der Waals surface area contributed by atoms with Crippen molar-refractivity contribution in [2.75, 3.05) is 5.32 Å². The molecule has 1 atom stereocenters. The average Bonchev–Trinajstić information content (AvgIpc) is 2.55. The van der Waals surface area contributed by atoms with Crippen LogP contribution < -0.4 is 10.6 Å². The Morgan fingerprint density at radius 1 is 1.26 bits per heavy atom. The second kappa shape index (κ2) is 4.84. The molecule has 2 N–H and O–H groups in total. The first kappa shape index (κ1) is 13.9. The van der Waals surface area contributed by atoms with Gasteiger partial charge in [-0.15, -0.1) is 0 Å². The smallest absolute Gasteiger partial charge is 0.373 e. The molecule has 1 aromatic carbocycles. The van der Waals surface area contributed by atoms with E-state index >= 15 is 0 Å². The van der Waals surface area contributed by atoms with Crippen molar-refractivity contribution in [2.24, 2.45) is 0 Å². The van der Waals surface area contributed by atoms with Gasteiger partial charge >= 0.3 is 6.18 Å². The first-order chi connectivity index (χ1) is 8.75. The Bertz CT molecular complexity index is 545. The van der Waals surface area contributed by atoms with E-state index in [1.54, 1.807) is 0 Å². The highest BCUT2D eigenvalue weighted by Gasteiger charge is 2.33. The van der Waals surface area contributed by atoms with Crippen LogP contribution in [0.25, 0.3) is 0 Å². The van der Waals surface area contributed by atoms with Crippen LogP contribution in [0.1, 0.15) is 12.0 Å². The average molecular weight is 337 g/mol. The number of carbonyl (C=O) groups excluding carboxylic acids is 2. The van der Waals surface area contributed by atoms with Gasteiger partial charge in [-0.25, -0.2) is 0 Å². The molecule has 0 saturated carbocycles. The van der Waals surface area contributed by atoms with E-state index in [1.807, 2.05) is 0 Å². The van der Waals surface area contributed by atoms with Crippen LogP contribution in [0.15, 0.2) is 22.7 Å². The van der Waals surface area contributed by atoms with Gasteiger partial charge in [-0.3, -0.25) is 14.9 Å². The van der Waals surface area contributed by atoms with E-state index in [4.69, 9.17) is 0 Å². The highest BCUT2D eigenvalue weighted by Crippen LogP contribution is 2.33. The maximum Gasteiger partial charge on any atom is 0.416 e. The fraction of sp³-hybridized carbons (Fsp3) is 0.273. The van der Waals surface area contributed by atoms with E-state index in [9.17, 15) is 22.8 Å². The van der Waals surface area contributed by atoms with Gasteiger partial charge in [0.2, 0.25) is 11.8 Å². The monoisotopic (exact) mass is 336 g/mol. The number of imide groups is 1. The number of alkyl halides is 3. The summed E-state index contributed by atoms with van der Waals surface area (Å²) < 4.78 is 38.1. The molecule has 102 valence electrons. The zero-order chi connectivity index (χ0) is 14.2. The molecule has 0 bridgehead atoms. The molecule has 0 aliphatic carbocycles. The zero-order valence-corrected chi connectivity index (χ0v) is 10.9. The molecule has 2 amide bonds. The molecule has 8 heteroatoms.